The smallest absolute Gasteiger partial charge is 0.150 e. The second-order valence-corrected chi connectivity index (χ2v) is 5.20. The van der Waals surface area contributed by atoms with Crippen molar-refractivity contribution in [3.05, 3.63) is 35.9 Å². The molecular weight excluding hydrogens is 224 g/mol. The second-order valence-electron chi connectivity index (χ2n) is 5.20. The predicted octanol–water partition coefficient (Wildman–Crippen LogP) is 3.31. The predicted molar refractivity (Wildman–Crippen MR) is 71.1 cm³/mol. The lowest BCUT2D eigenvalue weighted by molar-refractivity contribution is 0.0403. The summed E-state index contributed by atoms with van der Waals surface area (Å²) in [6.07, 6.45) is 2.14. The van der Waals surface area contributed by atoms with Crippen LogP contribution in [-0.4, -0.2) is 11.8 Å². The van der Waals surface area contributed by atoms with Crippen molar-refractivity contribution in [1.82, 2.24) is 0 Å². The molecule has 0 saturated carbocycles. The van der Waals surface area contributed by atoms with E-state index in [1.54, 1.807) is 0 Å². The van der Waals surface area contributed by atoms with Crippen LogP contribution in [0.3, 0.4) is 0 Å². The standard InChI is InChI=1S/C15H18N2O/c1-15(2)13(17-18-14(15)10-11-16)9-8-12-6-4-3-5-7-12/h3-7,14H,8-10H2,1-2H3. The number of nitrogens with zero attached hydrogens (tertiary/aromatic N) is 2. The van der Waals surface area contributed by atoms with Crippen molar-refractivity contribution in [2.24, 2.45) is 10.6 Å². The second kappa shape index (κ2) is 5.22. The Bertz CT molecular complexity index is 471. The van der Waals surface area contributed by atoms with Crippen LogP contribution in [0.4, 0.5) is 0 Å². The average Bonchev–Trinajstić information content (AvgIpc) is 2.64. The first-order chi connectivity index (χ1) is 8.64. The highest BCUT2D eigenvalue weighted by Gasteiger charge is 2.41. The van der Waals surface area contributed by atoms with E-state index in [0.29, 0.717) is 6.42 Å². The molecule has 0 aromatic heterocycles. The van der Waals surface area contributed by atoms with E-state index in [-0.39, 0.29) is 11.5 Å². The van der Waals surface area contributed by atoms with Crippen LogP contribution in [-0.2, 0) is 11.3 Å². The Balaban J connectivity index is 1.97. The molecule has 1 unspecified atom stereocenters. The molecule has 1 atom stereocenters. The lowest BCUT2D eigenvalue weighted by atomic mass is 9.79. The summed E-state index contributed by atoms with van der Waals surface area (Å²) in [5.74, 6) is 0. The molecule has 0 amide bonds. The van der Waals surface area contributed by atoms with Gasteiger partial charge in [0.1, 0.15) is 0 Å². The van der Waals surface area contributed by atoms with Gasteiger partial charge >= 0.3 is 0 Å². The molecular formula is C15H18N2O. The van der Waals surface area contributed by atoms with Gasteiger partial charge in [0.05, 0.1) is 18.2 Å². The van der Waals surface area contributed by atoms with Crippen LogP contribution in [0.25, 0.3) is 0 Å². The minimum absolute atomic E-state index is 0.103. The first-order valence-corrected chi connectivity index (χ1v) is 6.28. The highest BCUT2D eigenvalue weighted by Crippen LogP contribution is 2.35. The van der Waals surface area contributed by atoms with Crippen LogP contribution >= 0.6 is 0 Å². The van der Waals surface area contributed by atoms with E-state index in [1.807, 2.05) is 18.2 Å². The van der Waals surface area contributed by atoms with Crippen LogP contribution in [0.2, 0.25) is 0 Å². The molecule has 1 aliphatic heterocycles. The summed E-state index contributed by atoms with van der Waals surface area (Å²) in [5.41, 5.74) is 2.23. The van der Waals surface area contributed by atoms with E-state index in [1.165, 1.54) is 5.56 Å². The van der Waals surface area contributed by atoms with Gasteiger partial charge in [0.2, 0.25) is 0 Å². The summed E-state index contributed by atoms with van der Waals surface area (Å²) < 4.78 is 0. The van der Waals surface area contributed by atoms with Crippen molar-refractivity contribution in [3.8, 4) is 6.07 Å². The molecule has 0 N–H and O–H groups in total. The minimum Gasteiger partial charge on any atom is -0.390 e. The maximum atomic E-state index is 8.77. The SMILES string of the molecule is CC1(C)C(CCc2ccccc2)=NOC1CC#N. The summed E-state index contributed by atoms with van der Waals surface area (Å²) in [4.78, 5) is 5.38. The van der Waals surface area contributed by atoms with Crippen molar-refractivity contribution >= 4 is 5.71 Å². The van der Waals surface area contributed by atoms with Crippen LogP contribution in [0.5, 0.6) is 0 Å². The van der Waals surface area contributed by atoms with Gasteiger partial charge in [0.25, 0.3) is 0 Å². The summed E-state index contributed by atoms with van der Waals surface area (Å²) in [6.45, 7) is 4.21. The van der Waals surface area contributed by atoms with E-state index in [9.17, 15) is 0 Å². The van der Waals surface area contributed by atoms with Crippen molar-refractivity contribution in [2.75, 3.05) is 0 Å². The zero-order chi connectivity index (χ0) is 13.0. The molecule has 94 valence electrons. The molecule has 3 heteroatoms. The molecule has 0 aliphatic carbocycles. The molecule has 0 fully saturated rings. The van der Waals surface area contributed by atoms with Crippen LogP contribution in [0, 0.1) is 16.7 Å². The van der Waals surface area contributed by atoms with Gasteiger partial charge in [-0.15, -0.1) is 0 Å². The number of hydrogen-bond donors (Lipinski definition) is 0. The van der Waals surface area contributed by atoms with Gasteiger partial charge in [-0.1, -0.05) is 49.3 Å². The molecule has 0 spiro atoms. The Morgan fingerprint density at radius 2 is 2.00 bits per heavy atom. The number of benzene rings is 1. The summed E-state index contributed by atoms with van der Waals surface area (Å²) in [6, 6.07) is 12.5. The quantitative estimate of drug-likeness (QED) is 0.813. The van der Waals surface area contributed by atoms with Crippen LogP contribution in [0.1, 0.15) is 32.3 Å². The maximum absolute atomic E-state index is 8.77. The normalized spacial score (nSPS) is 20.9. The average molecular weight is 242 g/mol. The first kappa shape index (κ1) is 12.6. The van der Waals surface area contributed by atoms with Crippen molar-refractivity contribution in [3.63, 3.8) is 0 Å². The third-order valence-electron chi connectivity index (χ3n) is 3.61. The molecule has 1 aromatic carbocycles. The fourth-order valence-electron chi connectivity index (χ4n) is 2.21. The number of aryl methyl sites for hydroxylation is 1. The third-order valence-corrected chi connectivity index (χ3v) is 3.61. The summed E-state index contributed by atoms with van der Waals surface area (Å²) >= 11 is 0. The third kappa shape index (κ3) is 2.53. The van der Waals surface area contributed by atoms with Gasteiger partial charge in [0, 0.05) is 5.41 Å². The van der Waals surface area contributed by atoms with E-state index in [0.717, 1.165) is 18.6 Å². The Morgan fingerprint density at radius 1 is 1.28 bits per heavy atom. The van der Waals surface area contributed by atoms with Crippen LogP contribution in [0.15, 0.2) is 35.5 Å². The van der Waals surface area contributed by atoms with Crippen molar-refractivity contribution < 1.29 is 4.84 Å². The van der Waals surface area contributed by atoms with E-state index < -0.39 is 0 Å². The van der Waals surface area contributed by atoms with Gasteiger partial charge in [0.15, 0.2) is 6.10 Å². The summed E-state index contributed by atoms with van der Waals surface area (Å²) in [5, 5.41) is 12.9. The largest absolute Gasteiger partial charge is 0.390 e. The Morgan fingerprint density at radius 3 is 2.67 bits per heavy atom. The lowest BCUT2D eigenvalue weighted by Crippen LogP contribution is -2.32. The Kier molecular flexibility index (Phi) is 3.66. The topological polar surface area (TPSA) is 45.4 Å². The number of rotatable bonds is 4. The van der Waals surface area contributed by atoms with Gasteiger partial charge in [-0.2, -0.15) is 5.26 Å². The molecule has 0 radical (unpaired) electrons. The number of oxime groups is 1. The van der Waals surface area contributed by atoms with Crippen LogP contribution < -0.4 is 0 Å². The molecule has 0 saturated heterocycles. The van der Waals surface area contributed by atoms with Gasteiger partial charge in [-0.25, -0.2) is 0 Å². The highest BCUT2D eigenvalue weighted by molar-refractivity contribution is 5.91. The molecule has 0 bridgehead atoms. The van der Waals surface area contributed by atoms with Crippen molar-refractivity contribution in [2.45, 2.75) is 39.2 Å². The number of nitriles is 1. The lowest BCUT2D eigenvalue weighted by Gasteiger charge is -2.23. The number of hydrogen-bond acceptors (Lipinski definition) is 3. The van der Waals surface area contributed by atoms with Gasteiger partial charge in [-0.3, -0.25) is 0 Å². The Labute approximate surface area is 108 Å². The van der Waals surface area contributed by atoms with Crippen molar-refractivity contribution in [1.29, 1.82) is 5.26 Å². The zero-order valence-electron chi connectivity index (χ0n) is 10.9. The molecule has 1 aliphatic rings. The van der Waals surface area contributed by atoms with E-state index in [2.05, 4.69) is 37.2 Å². The molecule has 3 nitrogen and oxygen atoms in total. The maximum Gasteiger partial charge on any atom is 0.150 e. The highest BCUT2D eigenvalue weighted by atomic mass is 16.6. The van der Waals surface area contributed by atoms with E-state index in [4.69, 9.17) is 10.1 Å². The Hall–Kier alpha value is -1.82. The monoisotopic (exact) mass is 242 g/mol. The molecule has 1 heterocycles. The minimum atomic E-state index is -0.134. The molecule has 18 heavy (non-hydrogen) atoms. The van der Waals surface area contributed by atoms with E-state index >= 15 is 0 Å². The molecule has 1 aromatic rings. The first-order valence-electron chi connectivity index (χ1n) is 6.28. The van der Waals surface area contributed by atoms with Gasteiger partial charge < -0.3 is 4.84 Å². The fraction of sp³-hybridized carbons (Fsp3) is 0.467. The fourth-order valence-corrected chi connectivity index (χ4v) is 2.21. The zero-order valence-corrected chi connectivity index (χ0v) is 10.9. The summed E-state index contributed by atoms with van der Waals surface area (Å²) in [7, 11) is 0. The molecule has 2 rings (SSSR count). The van der Waals surface area contributed by atoms with Gasteiger partial charge in [-0.05, 0) is 18.4 Å².